The fourth-order valence-corrected chi connectivity index (χ4v) is 3.89. The number of anilines is 2. The van der Waals surface area contributed by atoms with Crippen molar-refractivity contribution in [3.63, 3.8) is 0 Å². The third-order valence-corrected chi connectivity index (χ3v) is 5.40. The molecular formula is C24H22N6O3. The fourth-order valence-electron chi connectivity index (χ4n) is 3.89. The number of carbonyl (C=O) groups excluding carboxylic acids is 1. The third kappa shape index (κ3) is 3.73. The number of para-hydroxylation sites is 1. The van der Waals surface area contributed by atoms with E-state index in [1.807, 2.05) is 50.2 Å². The summed E-state index contributed by atoms with van der Waals surface area (Å²) >= 11 is 0. The number of furan rings is 1. The smallest absolute Gasteiger partial charge is 0.256 e. The van der Waals surface area contributed by atoms with Crippen molar-refractivity contribution in [2.45, 2.75) is 19.9 Å². The molecule has 33 heavy (non-hydrogen) atoms. The molecule has 0 saturated carbocycles. The number of nitrogens with zero attached hydrogens (tertiary/aromatic N) is 4. The van der Waals surface area contributed by atoms with Crippen LogP contribution in [0.1, 0.15) is 24.5 Å². The number of benzene rings is 1. The number of hydrogen-bond donors (Lipinski definition) is 2. The lowest BCUT2D eigenvalue weighted by Gasteiger charge is -2.27. The standard InChI is InChI=1S/C24H22N6O3/c1-14-10-11-19(33-14)21-20(23(31)27-16-7-6-12-25-13-16)15(2)26-24-28-22(29-30(21)24)17-8-4-5-9-18(17)32-3/h4-13,21H,1-3H3,(H,27,31)(H,26,28,29). The molecule has 0 fully saturated rings. The lowest BCUT2D eigenvalue weighted by atomic mass is 10.00. The van der Waals surface area contributed by atoms with Gasteiger partial charge < -0.3 is 19.8 Å². The Hall–Kier alpha value is -4.40. The molecule has 9 nitrogen and oxygen atoms in total. The van der Waals surface area contributed by atoms with E-state index in [4.69, 9.17) is 14.3 Å². The van der Waals surface area contributed by atoms with Crippen molar-refractivity contribution in [3.05, 3.63) is 83.7 Å². The number of allylic oxidation sites excluding steroid dienone is 1. The number of methoxy groups -OCH3 is 1. The van der Waals surface area contributed by atoms with Crippen molar-refractivity contribution in [2.24, 2.45) is 0 Å². The summed E-state index contributed by atoms with van der Waals surface area (Å²) in [7, 11) is 1.61. The molecular weight excluding hydrogens is 420 g/mol. The first-order chi connectivity index (χ1) is 16.0. The normalized spacial score (nSPS) is 15.1. The van der Waals surface area contributed by atoms with Crippen molar-refractivity contribution >= 4 is 17.5 Å². The lowest BCUT2D eigenvalue weighted by molar-refractivity contribution is -0.113. The molecule has 1 atom stereocenters. The van der Waals surface area contributed by atoms with Gasteiger partial charge in [-0.15, -0.1) is 5.10 Å². The van der Waals surface area contributed by atoms with Gasteiger partial charge in [0, 0.05) is 11.9 Å². The highest BCUT2D eigenvalue weighted by Gasteiger charge is 2.36. The molecule has 1 aromatic carbocycles. The van der Waals surface area contributed by atoms with Crippen LogP contribution in [0.15, 0.2) is 76.6 Å². The first kappa shape index (κ1) is 20.5. The van der Waals surface area contributed by atoms with E-state index in [0.29, 0.717) is 40.2 Å². The number of rotatable bonds is 5. The molecule has 0 saturated heterocycles. The zero-order chi connectivity index (χ0) is 22.9. The van der Waals surface area contributed by atoms with Crippen molar-refractivity contribution < 1.29 is 13.9 Å². The summed E-state index contributed by atoms with van der Waals surface area (Å²) in [5, 5.41) is 10.9. The van der Waals surface area contributed by atoms with Crippen molar-refractivity contribution in [1.29, 1.82) is 0 Å². The van der Waals surface area contributed by atoms with E-state index in [-0.39, 0.29) is 5.91 Å². The minimum Gasteiger partial charge on any atom is -0.496 e. The summed E-state index contributed by atoms with van der Waals surface area (Å²) in [5.74, 6) is 2.68. The predicted octanol–water partition coefficient (Wildman–Crippen LogP) is 4.18. The van der Waals surface area contributed by atoms with Crippen LogP contribution in [0.25, 0.3) is 11.4 Å². The Kier molecular flexibility index (Phi) is 5.14. The number of aromatic nitrogens is 4. The van der Waals surface area contributed by atoms with E-state index in [0.717, 1.165) is 11.3 Å². The van der Waals surface area contributed by atoms with Crippen molar-refractivity contribution in [1.82, 2.24) is 19.7 Å². The Balaban J connectivity index is 1.61. The molecule has 1 amide bonds. The van der Waals surface area contributed by atoms with Gasteiger partial charge in [-0.2, -0.15) is 4.98 Å². The molecule has 1 aliphatic rings. The quantitative estimate of drug-likeness (QED) is 0.477. The average molecular weight is 442 g/mol. The lowest BCUT2D eigenvalue weighted by Crippen LogP contribution is -2.31. The predicted molar refractivity (Wildman–Crippen MR) is 123 cm³/mol. The Labute approximate surface area is 190 Å². The summed E-state index contributed by atoms with van der Waals surface area (Å²) in [4.78, 5) is 22.1. The maximum atomic E-state index is 13.4. The van der Waals surface area contributed by atoms with Gasteiger partial charge >= 0.3 is 0 Å². The Morgan fingerprint density at radius 3 is 2.73 bits per heavy atom. The maximum absolute atomic E-state index is 13.4. The molecule has 2 N–H and O–H groups in total. The number of carbonyl (C=O) groups is 1. The molecule has 166 valence electrons. The second-order valence-corrected chi connectivity index (χ2v) is 7.61. The van der Waals surface area contributed by atoms with Crippen LogP contribution in [-0.4, -0.2) is 32.8 Å². The number of nitrogens with one attached hydrogen (secondary N) is 2. The molecule has 9 heteroatoms. The Bertz CT molecular complexity index is 1360. The monoisotopic (exact) mass is 442 g/mol. The van der Waals surface area contributed by atoms with Gasteiger partial charge in [-0.1, -0.05) is 12.1 Å². The van der Waals surface area contributed by atoms with Crippen LogP contribution in [0.4, 0.5) is 11.6 Å². The van der Waals surface area contributed by atoms with Crippen LogP contribution in [0.3, 0.4) is 0 Å². The third-order valence-electron chi connectivity index (χ3n) is 5.40. The van der Waals surface area contributed by atoms with Gasteiger partial charge in [-0.05, 0) is 50.2 Å². The van der Waals surface area contributed by atoms with E-state index >= 15 is 0 Å². The van der Waals surface area contributed by atoms with E-state index in [1.54, 1.807) is 36.3 Å². The van der Waals surface area contributed by atoms with Gasteiger partial charge in [0.05, 0.1) is 30.1 Å². The molecule has 4 aromatic rings. The number of ether oxygens (including phenoxy) is 1. The van der Waals surface area contributed by atoms with Crippen LogP contribution in [0.5, 0.6) is 5.75 Å². The molecule has 0 bridgehead atoms. The molecule has 1 unspecified atom stereocenters. The number of fused-ring (bicyclic) bond motifs is 1. The zero-order valence-corrected chi connectivity index (χ0v) is 18.4. The average Bonchev–Trinajstić information content (AvgIpc) is 3.44. The van der Waals surface area contributed by atoms with Crippen LogP contribution in [0, 0.1) is 6.92 Å². The largest absolute Gasteiger partial charge is 0.496 e. The van der Waals surface area contributed by atoms with Gasteiger partial charge in [0.2, 0.25) is 5.95 Å². The van der Waals surface area contributed by atoms with Crippen LogP contribution in [0.2, 0.25) is 0 Å². The van der Waals surface area contributed by atoms with Crippen LogP contribution < -0.4 is 15.4 Å². The van der Waals surface area contributed by atoms with E-state index < -0.39 is 6.04 Å². The zero-order valence-electron chi connectivity index (χ0n) is 18.4. The molecule has 0 radical (unpaired) electrons. The molecule has 0 aliphatic carbocycles. The SMILES string of the molecule is COc1ccccc1-c1nc2n(n1)C(c1ccc(C)o1)C(C(=O)Nc1cccnc1)=C(C)N2. The van der Waals surface area contributed by atoms with Crippen LogP contribution >= 0.6 is 0 Å². The van der Waals surface area contributed by atoms with Crippen molar-refractivity contribution in [2.75, 3.05) is 17.7 Å². The minimum absolute atomic E-state index is 0.285. The highest BCUT2D eigenvalue weighted by molar-refractivity contribution is 6.05. The molecule has 5 rings (SSSR count). The molecule has 3 aromatic heterocycles. The van der Waals surface area contributed by atoms with E-state index in [9.17, 15) is 4.79 Å². The maximum Gasteiger partial charge on any atom is 0.256 e. The highest BCUT2D eigenvalue weighted by atomic mass is 16.5. The fraction of sp³-hybridized carbons (Fsp3) is 0.167. The number of pyridine rings is 1. The van der Waals surface area contributed by atoms with E-state index in [1.165, 1.54) is 0 Å². The number of hydrogen-bond acceptors (Lipinski definition) is 7. The molecule has 1 aliphatic heterocycles. The summed E-state index contributed by atoms with van der Waals surface area (Å²) in [6.07, 6.45) is 3.24. The molecule has 0 spiro atoms. The minimum atomic E-state index is -0.609. The number of amides is 1. The second kappa shape index (κ2) is 8.27. The van der Waals surface area contributed by atoms with Gasteiger partial charge in [0.15, 0.2) is 5.82 Å². The second-order valence-electron chi connectivity index (χ2n) is 7.61. The van der Waals surface area contributed by atoms with Gasteiger partial charge in [-0.3, -0.25) is 9.78 Å². The first-order valence-electron chi connectivity index (χ1n) is 10.4. The van der Waals surface area contributed by atoms with Gasteiger partial charge in [0.25, 0.3) is 5.91 Å². The summed E-state index contributed by atoms with van der Waals surface area (Å²) in [6.45, 7) is 3.70. The van der Waals surface area contributed by atoms with Crippen LogP contribution in [-0.2, 0) is 4.79 Å². The summed E-state index contributed by atoms with van der Waals surface area (Å²) in [5.41, 5.74) is 2.47. The van der Waals surface area contributed by atoms with Crippen molar-refractivity contribution in [3.8, 4) is 17.1 Å². The Morgan fingerprint density at radius 1 is 1.15 bits per heavy atom. The van der Waals surface area contributed by atoms with Gasteiger partial charge in [0.1, 0.15) is 23.3 Å². The summed E-state index contributed by atoms with van der Waals surface area (Å²) < 4.78 is 13.1. The number of aryl methyl sites for hydroxylation is 1. The van der Waals surface area contributed by atoms with E-state index in [2.05, 4.69) is 20.6 Å². The molecule has 4 heterocycles. The van der Waals surface area contributed by atoms with Gasteiger partial charge in [-0.25, -0.2) is 4.68 Å². The highest BCUT2D eigenvalue weighted by Crippen LogP contribution is 2.38. The first-order valence-corrected chi connectivity index (χ1v) is 10.4. The summed E-state index contributed by atoms with van der Waals surface area (Å²) in [6, 6.07) is 14.2. The Morgan fingerprint density at radius 2 is 2.00 bits per heavy atom. The topological polar surface area (TPSA) is 107 Å².